The Kier molecular flexibility index (Phi) is 3.73. The zero-order valence-corrected chi connectivity index (χ0v) is 7.45. The van der Waals surface area contributed by atoms with Gasteiger partial charge in [-0.15, -0.1) is 0 Å². The van der Waals surface area contributed by atoms with Gasteiger partial charge in [0.15, 0.2) is 17.7 Å². The van der Waals surface area contributed by atoms with Crippen molar-refractivity contribution in [1.82, 2.24) is 0 Å². The van der Waals surface area contributed by atoms with Gasteiger partial charge in [-0.3, -0.25) is 11.1 Å². The topological polar surface area (TPSA) is 128 Å². The smallest absolute Gasteiger partial charge is 0.353 e. The fourth-order valence-corrected chi connectivity index (χ4v) is 1.33. The molecule has 0 saturated carbocycles. The van der Waals surface area contributed by atoms with Gasteiger partial charge in [0.05, 0.1) is 0 Å². The lowest BCUT2D eigenvalue weighted by atomic mass is 10.4. The summed E-state index contributed by atoms with van der Waals surface area (Å²) < 4.78 is 0. The average Bonchev–Trinajstić information content (AvgIpc) is 1.85. The third-order valence-corrected chi connectivity index (χ3v) is 3.39. The van der Waals surface area contributed by atoms with Gasteiger partial charge in [-0.05, 0) is 6.92 Å². The molecule has 0 aromatic rings. The summed E-state index contributed by atoms with van der Waals surface area (Å²) >= 11 is 0. The van der Waals surface area contributed by atoms with Crippen LogP contribution in [0.15, 0.2) is 0 Å². The molecule has 1 atom stereocenters. The molecule has 0 amide bonds. The molecule has 0 aliphatic heterocycles. The van der Waals surface area contributed by atoms with Crippen molar-refractivity contribution >= 4 is 19.4 Å². The molecule has 6 N–H and O–H groups in total. The van der Waals surface area contributed by atoms with Crippen LogP contribution < -0.4 is 5.73 Å². The number of carbonyl (C=O) groups is 1. The lowest BCUT2D eigenvalue weighted by molar-refractivity contribution is -0.129. The fraction of sp³-hybridized carbons (Fsp3) is 0.600. The molecular weight excluding hydrogens is 183 g/mol. The first-order valence-electron chi connectivity index (χ1n) is 3.17. The Morgan fingerprint density at radius 1 is 1.67 bits per heavy atom. The zero-order valence-electron chi connectivity index (χ0n) is 6.56. The van der Waals surface area contributed by atoms with Crippen molar-refractivity contribution < 1.29 is 19.7 Å². The highest BCUT2D eigenvalue weighted by molar-refractivity contribution is 7.66. The van der Waals surface area contributed by atoms with E-state index < -0.39 is 31.3 Å². The summed E-state index contributed by atoms with van der Waals surface area (Å²) in [4.78, 5) is 28.4. The van der Waals surface area contributed by atoms with Crippen molar-refractivity contribution in [2.45, 2.75) is 12.7 Å². The monoisotopic (exact) mass is 195 g/mol. The molecule has 0 aliphatic carbocycles. The molecule has 0 rings (SSSR count). The Morgan fingerprint density at radius 3 is 2.33 bits per heavy atom. The van der Waals surface area contributed by atoms with Gasteiger partial charge >= 0.3 is 5.97 Å². The number of nitrogens with two attached hydrogens (primary N) is 1. The highest BCUT2D eigenvalue weighted by Gasteiger charge is 2.41. The molecule has 0 aromatic carbocycles. The minimum Gasteiger partial charge on any atom is -0.477 e. The SMILES string of the molecule is CC(N)[P+](O)(O)CC(=N)C(=O)O. The summed E-state index contributed by atoms with van der Waals surface area (Å²) in [5.74, 6) is -2.35. The number of nitrogens with one attached hydrogen (secondary N) is 1. The summed E-state index contributed by atoms with van der Waals surface area (Å²) in [6, 6.07) is 0. The Hall–Kier alpha value is -0.550. The van der Waals surface area contributed by atoms with Gasteiger partial charge in [0.25, 0.3) is 7.72 Å². The third-order valence-electron chi connectivity index (χ3n) is 1.30. The molecule has 6 nitrogen and oxygen atoms in total. The van der Waals surface area contributed by atoms with Crippen LogP contribution in [0.5, 0.6) is 0 Å². The molecule has 0 heterocycles. The Morgan fingerprint density at radius 2 is 2.08 bits per heavy atom. The molecule has 0 spiro atoms. The molecular formula is C5H12N2O4P+. The summed E-state index contributed by atoms with van der Waals surface area (Å²) in [6.45, 7) is 1.36. The van der Waals surface area contributed by atoms with E-state index in [9.17, 15) is 4.79 Å². The number of hydrogen-bond acceptors (Lipinski definition) is 5. The van der Waals surface area contributed by atoms with Crippen molar-refractivity contribution in [3.63, 3.8) is 0 Å². The van der Waals surface area contributed by atoms with E-state index in [0.29, 0.717) is 0 Å². The van der Waals surface area contributed by atoms with E-state index >= 15 is 0 Å². The van der Waals surface area contributed by atoms with Crippen LogP contribution in [-0.2, 0) is 4.79 Å². The number of rotatable bonds is 4. The van der Waals surface area contributed by atoms with Crippen molar-refractivity contribution in [3.8, 4) is 0 Å². The van der Waals surface area contributed by atoms with E-state index in [2.05, 4.69) is 0 Å². The van der Waals surface area contributed by atoms with E-state index in [4.69, 9.17) is 26.0 Å². The van der Waals surface area contributed by atoms with Crippen LogP contribution in [0, 0.1) is 5.41 Å². The Balaban J connectivity index is 4.25. The second kappa shape index (κ2) is 3.91. The first-order chi connectivity index (χ1) is 5.27. The molecule has 0 aromatic heterocycles. The zero-order chi connectivity index (χ0) is 9.94. The first kappa shape index (κ1) is 11.4. The average molecular weight is 195 g/mol. The minimum absolute atomic E-state index is 0.569. The summed E-state index contributed by atoms with van der Waals surface area (Å²) in [5.41, 5.74) is 4.45. The van der Waals surface area contributed by atoms with Crippen LogP contribution in [0.1, 0.15) is 6.92 Å². The van der Waals surface area contributed by atoms with Crippen LogP contribution in [-0.4, -0.2) is 38.5 Å². The second-order valence-corrected chi connectivity index (χ2v) is 5.17. The molecule has 0 fully saturated rings. The van der Waals surface area contributed by atoms with Crippen molar-refractivity contribution in [1.29, 1.82) is 5.41 Å². The van der Waals surface area contributed by atoms with Gasteiger partial charge in [0.1, 0.15) is 0 Å². The molecule has 1 unspecified atom stereocenters. The van der Waals surface area contributed by atoms with Crippen molar-refractivity contribution in [3.05, 3.63) is 0 Å². The molecule has 0 bridgehead atoms. The van der Waals surface area contributed by atoms with Gasteiger partial charge in [-0.1, -0.05) is 0 Å². The standard InChI is InChI=1S/C5H11N2O4P/c1-3(6)12(10,11)2-4(7)5(8)9/h3,7,10-11H,2,6H2,1H3/p+1. The minimum atomic E-state index is -3.45. The van der Waals surface area contributed by atoms with Gasteiger partial charge < -0.3 is 5.11 Å². The number of aliphatic carboxylic acids is 1. The van der Waals surface area contributed by atoms with E-state index in [-0.39, 0.29) is 0 Å². The van der Waals surface area contributed by atoms with Crippen molar-refractivity contribution in [2.75, 3.05) is 6.16 Å². The van der Waals surface area contributed by atoms with Crippen LogP contribution >= 0.6 is 7.72 Å². The molecule has 0 aliphatic rings. The highest BCUT2D eigenvalue weighted by Crippen LogP contribution is 2.52. The third kappa shape index (κ3) is 3.23. The summed E-state index contributed by atoms with van der Waals surface area (Å²) in [5, 5.41) is 15.1. The lowest BCUT2D eigenvalue weighted by Gasteiger charge is -2.14. The quantitative estimate of drug-likeness (QED) is 0.297. The van der Waals surface area contributed by atoms with Gasteiger partial charge in [0, 0.05) is 0 Å². The lowest BCUT2D eigenvalue weighted by Crippen LogP contribution is -2.27. The molecule has 12 heavy (non-hydrogen) atoms. The Bertz CT molecular complexity index is 204. The van der Waals surface area contributed by atoms with Gasteiger partial charge in [-0.25, -0.2) is 14.6 Å². The molecule has 7 heteroatoms. The van der Waals surface area contributed by atoms with Crippen LogP contribution in [0.3, 0.4) is 0 Å². The van der Waals surface area contributed by atoms with E-state index in [0.717, 1.165) is 0 Å². The van der Waals surface area contributed by atoms with Crippen LogP contribution in [0.4, 0.5) is 0 Å². The predicted octanol–water partition coefficient (Wildman–Crippen LogP) is -0.772. The second-order valence-electron chi connectivity index (χ2n) is 2.47. The van der Waals surface area contributed by atoms with Gasteiger partial charge in [0.2, 0.25) is 0 Å². The predicted molar refractivity (Wildman–Crippen MR) is 45.2 cm³/mol. The summed E-state index contributed by atoms with van der Waals surface area (Å²) in [6.07, 6.45) is -0.569. The number of carboxylic acids is 1. The fourth-order valence-electron chi connectivity index (χ4n) is 0.444. The maximum Gasteiger partial charge on any atom is 0.353 e. The normalized spacial score (nSPS) is 14.0. The maximum absolute atomic E-state index is 10.1. The van der Waals surface area contributed by atoms with E-state index in [1.165, 1.54) is 6.92 Å². The van der Waals surface area contributed by atoms with E-state index in [1.54, 1.807) is 0 Å². The first-order valence-corrected chi connectivity index (χ1v) is 5.12. The largest absolute Gasteiger partial charge is 0.477 e. The van der Waals surface area contributed by atoms with Gasteiger partial charge in [-0.2, -0.15) is 0 Å². The number of carboxylic acid groups (broad SMARTS) is 1. The molecule has 70 valence electrons. The number of hydrogen-bond donors (Lipinski definition) is 5. The molecule has 0 saturated heterocycles. The van der Waals surface area contributed by atoms with Crippen LogP contribution in [0.25, 0.3) is 0 Å². The Labute approximate surface area is 70.0 Å². The maximum atomic E-state index is 10.1. The molecule has 0 radical (unpaired) electrons. The highest BCUT2D eigenvalue weighted by atomic mass is 31.2. The summed E-state index contributed by atoms with van der Waals surface area (Å²) in [7, 11) is -3.45. The van der Waals surface area contributed by atoms with Crippen molar-refractivity contribution in [2.24, 2.45) is 5.73 Å². The van der Waals surface area contributed by atoms with Crippen LogP contribution in [0.2, 0.25) is 0 Å². The van der Waals surface area contributed by atoms with E-state index in [1.807, 2.05) is 0 Å².